The standard InChI is InChI=1S/C13H16N2O3S/c1-8-5-19-11(14-8)15-9(16)13(10(17)18)6-12(7-13)3-2-4-12/h5H,2-4,6-7H2,1H3,(H,17,18)(H,14,15,16). The highest BCUT2D eigenvalue weighted by Gasteiger charge is 2.65. The van der Waals surface area contributed by atoms with Crippen LogP contribution in [0.2, 0.25) is 0 Å². The van der Waals surface area contributed by atoms with Crippen LogP contribution in [0.5, 0.6) is 0 Å². The minimum absolute atomic E-state index is 0.133. The average Bonchev–Trinajstić information content (AvgIpc) is 2.59. The van der Waals surface area contributed by atoms with Crippen molar-refractivity contribution in [2.45, 2.75) is 39.0 Å². The second-order valence-electron chi connectivity index (χ2n) is 5.84. The number of carboxylic acids is 1. The molecule has 1 spiro atoms. The number of nitrogens with one attached hydrogen (secondary N) is 1. The van der Waals surface area contributed by atoms with Gasteiger partial charge >= 0.3 is 5.97 Å². The molecule has 0 bridgehead atoms. The van der Waals surface area contributed by atoms with Crippen LogP contribution >= 0.6 is 11.3 Å². The fraction of sp³-hybridized carbons (Fsp3) is 0.615. The lowest BCUT2D eigenvalue weighted by Crippen LogP contribution is -2.59. The molecular formula is C13H16N2O3S. The maximum Gasteiger partial charge on any atom is 0.319 e. The van der Waals surface area contributed by atoms with Gasteiger partial charge in [-0.3, -0.25) is 9.59 Å². The molecule has 2 fully saturated rings. The summed E-state index contributed by atoms with van der Waals surface area (Å²) in [6, 6.07) is 0. The lowest BCUT2D eigenvalue weighted by molar-refractivity contribution is -0.178. The Labute approximate surface area is 115 Å². The van der Waals surface area contributed by atoms with Crippen LogP contribution in [0.1, 0.15) is 37.8 Å². The van der Waals surface area contributed by atoms with E-state index < -0.39 is 17.3 Å². The van der Waals surface area contributed by atoms with Gasteiger partial charge in [0.15, 0.2) is 5.13 Å². The zero-order valence-electron chi connectivity index (χ0n) is 10.7. The first-order valence-corrected chi connectivity index (χ1v) is 7.31. The van der Waals surface area contributed by atoms with E-state index in [1.54, 1.807) is 0 Å². The molecule has 0 radical (unpaired) electrons. The summed E-state index contributed by atoms with van der Waals surface area (Å²) in [7, 11) is 0. The molecular weight excluding hydrogens is 264 g/mol. The third-order valence-electron chi connectivity index (χ3n) is 4.45. The van der Waals surface area contributed by atoms with Crippen molar-refractivity contribution in [2.24, 2.45) is 10.8 Å². The molecule has 102 valence electrons. The molecule has 0 unspecified atom stereocenters. The van der Waals surface area contributed by atoms with Gasteiger partial charge in [-0.05, 0) is 38.0 Å². The number of nitrogens with zero attached hydrogens (tertiary/aromatic N) is 1. The van der Waals surface area contributed by atoms with Gasteiger partial charge in [-0.2, -0.15) is 0 Å². The lowest BCUT2D eigenvalue weighted by atomic mass is 9.45. The molecule has 19 heavy (non-hydrogen) atoms. The smallest absolute Gasteiger partial charge is 0.319 e. The summed E-state index contributed by atoms with van der Waals surface area (Å²) in [6.45, 7) is 1.84. The zero-order chi connectivity index (χ0) is 13.7. The van der Waals surface area contributed by atoms with E-state index in [1.165, 1.54) is 11.3 Å². The van der Waals surface area contributed by atoms with Crippen LogP contribution in [0, 0.1) is 17.8 Å². The minimum Gasteiger partial charge on any atom is -0.480 e. The quantitative estimate of drug-likeness (QED) is 0.833. The Morgan fingerprint density at radius 1 is 1.42 bits per heavy atom. The van der Waals surface area contributed by atoms with Crippen molar-refractivity contribution in [3.05, 3.63) is 11.1 Å². The van der Waals surface area contributed by atoms with Crippen LogP contribution in [0.3, 0.4) is 0 Å². The number of hydrogen-bond acceptors (Lipinski definition) is 4. The maximum absolute atomic E-state index is 12.3. The first-order valence-electron chi connectivity index (χ1n) is 6.43. The Morgan fingerprint density at radius 3 is 2.53 bits per heavy atom. The number of aliphatic carboxylic acids is 1. The van der Waals surface area contributed by atoms with Crippen molar-refractivity contribution >= 4 is 28.3 Å². The van der Waals surface area contributed by atoms with E-state index in [0.717, 1.165) is 25.0 Å². The summed E-state index contributed by atoms with van der Waals surface area (Å²) >= 11 is 1.32. The van der Waals surface area contributed by atoms with Gasteiger partial charge < -0.3 is 10.4 Å². The minimum atomic E-state index is -1.24. The Kier molecular flexibility index (Phi) is 2.67. The first-order chi connectivity index (χ1) is 8.96. The maximum atomic E-state index is 12.3. The molecule has 6 heteroatoms. The monoisotopic (exact) mass is 280 g/mol. The molecule has 0 aromatic carbocycles. The van der Waals surface area contributed by atoms with E-state index in [9.17, 15) is 14.7 Å². The molecule has 0 saturated heterocycles. The van der Waals surface area contributed by atoms with Crippen molar-refractivity contribution in [3.63, 3.8) is 0 Å². The number of carbonyl (C=O) groups is 2. The fourth-order valence-electron chi connectivity index (χ4n) is 3.30. The number of rotatable bonds is 3. The number of thiazole rings is 1. The second-order valence-corrected chi connectivity index (χ2v) is 6.70. The van der Waals surface area contributed by atoms with Gasteiger partial charge in [0.05, 0.1) is 5.69 Å². The van der Waals surface area contributed by atoms with Gasteiger partial charge in [0.25, 0.3) is 0 Å². The molecule has 1 amide bonds. The molecule has 0 aliphatic heterocycles. The molecule has 2 aliphatic carbocycles. The van der Waals surface area contributed by atoms with E-state index in [1.807, 2.05) is 12.3 Å². The van der Waals surface area contributed by atoms with E-state index in [2.05, 4.69) is 10.3 Å². The number of amides is 1. The molecule has 0 atom stereocenters. The summed E-state index contributed by atoms with van der Waals surface area (Å²) in [5, 5.41) is 14.4. The molecule has 5 nitrogen and oxygen atoms in total. The summed E-state index contributed by atoms with van der Waals surface area (Å²) in [6.07, 6.45) is 4.23. The Balaban J connectivity index is 1.74. The van der Waals surface area contributed by atoms with Crippen LogP contribution in [0.15, 0.2) is 5.38 Å². The molecule has 2 aliphatic rings. The van der Waals surface area contributed by atoms with Gasteiger partial charge in [0, 0.05) is 5.38 Å². The predicted molar refractivity (Wildman–Crippen MR) is 71.1 cm³/mol. The van der Waals surface area contributed by atoms with Gasteiger partial charge in [0.1, 0.15) is 5.41 Å². The van der Waals surface area contributed by atoms with Gasteiger partial charge in [0.2, 0.25) is 5.91 Å². The average molecular weight is 280 g/mol. The Bertz CT molecular complexity index is 540. The SMILES string of the molecule is Cc1csc(NC(=O)C2(C(=O)O)CC3(CCC3)C2)n1. The highest BCUT2D eigenvalue weighted by molar-refractivity contribution is 7.13. The van der Waals surface area contributed by atoms with Gasteiger partial charge in [-0.1, -0.05) is 6.42 Å². The second kappa shape index (κ2) is 4.03. The molecule has 1 aromatic heterocycles. The Morgan fingerprint density at radius 2 is 2.11 bits per heavy atom. The van der Waals surface area contributed by atoms with E-state index >= 15 is 0 Å². The van der Waals surface area contributed by atoms with Crippen LogP contribution in [-0.2, 0) is 9.59 Å². The molecule has 1 heterocycles. The van der Waals surface area contributed by atoms with E-state index in [0.29, 0.717) is 18.0 Å². The van der Waals surface area contributed by atoms with Crippen molar-refractivity contribution in [2.75, 3.05) is 5.32 Å². The highest BCUT2D eigenvalue weighted by atomic mass is 32.1. The van der Waals surface area contributed by atoms with Crippen molar-refractivity contribution in [1.29, 1.82) is 0 Å². The molecule has 1 aromatic rings. The van der Waals surface area contributed by atoms with Gasteiger partial charge in [-0.25, -0.2) is 4.98 Å². The summed E-state index contributed by atoms with van der Waals surface area (Å²) in [5.74, 6) is -1.41. The predicted octanol–water partition coefficient (Wildman–Crippen LogP) is 2.43. The van der Waals surface area contributed by atoms with Crippen molar-refractivity contribution < 1.29 is 14.7 Å². The first kappa shape index (κ1) is 12.6. The summed E-state index contributed by atoms with van der Waals surface area (Å²) < 4.78 is 0. The van der Waals surface area contributed by atoms with Crippen LogP contribution in [0.25, 0.3) is 0 Å². The van der Waals surface area contributed by atoms with Crippen molar-refractivity contribution in [3.8, 4) is 0 Å². The molecule has 2 N–H and O–H groups in total. The van der Waals surface area contributed by atoms with E-state index in [4.69, 9.17) is 0 Å². The number of hydrogen-bond donors (Lipinski definition) is 2. The zero-order valence-corrected chi connectivity index (χ0v) is 11.5. The number of anilines is 1. The Hall–Kier alpha value is -1.43. The molecule has 3 rings (SSSR count). The third-order valence-corrected chi connectivity index (χ3v) is 5.33. The number of carboxylic acid groups (broad SMARTS) is 1. The lowest BCUT2D eigenvalue weighted by Gasteiger charge is -2.57. The van der Waals surface area contributed by atoms with Crippen molar-refractivity contribution in [1.82, 2.24) is 4.98 Å². The summed E-state index contributed by atoms with van der Waals surface area (Å²) in [5.41, 5.74) is -0.275. The van der Waals surface area contributed by atoms with E-state index in [-0.39, 0.29) is 5.41 Å². The van der Waals surface area contributed by atoms with Crippen LogP contribution < -0.4 is 5.32 Å². The van der Waals surface area contributed by atoms with Crippen LogP contribution in [-0.4, -0.2) is 22.0 Å². The number of aryl methyl sites for hydroxylation is 1. The van der Waals surface area contributed by atoms with Gasteiger partial charge in [-0.15, -0.1) is 11.3 Å². The normalized spacial score (nSPS) is 22.4. The number of aromatic nitrogens is 1. The number of carbonyl (C=O) groups excluding carboxylic acids is 1. The van der Waals surface area contributed by atoms with Crippen LogP contribution in [0.4, 0.5) is 5.13 Å². The summed E-state index contributed by atoms with van der Waals surface area (Å²) in [4.78, 5) is 27.9. The third kappa shape index (κ3) is 1.85. The fourth-order valence-corrected chi connectivity index (χ4v) is 3.98. The topological polar surface area (TPSA) is 79.3 Å². The molecule has 2 saturated carbocycles. The highest BCUT2D eigenvalue weighted by Crippen LogP contribution is 2.64. The largest absolute Gasteiger partial charge is 0.480 e.